The van der Waals surface area contributed by atoms with Crippen molar-refractivity contribution >= 4 is 0 Å². The van der Waals surface area contributed by atoms with Gasteiger partial charge in [-0.25, -0.2) is 0 Å². The van der Waals surface area contributed by atoms with E-state index >= 15 is 0 Å². The van der Waals surface area contributed by atoms with Gasteiger partial charge in [0.2, 0.25) is 5.76 Å². The van der Waals surface area contributed by atoms with Gasteiger partial charge < -0.3 is 9.73 Å². The van der Waals surface area contributed by atoms with Gasteiger partial charge in [0, 0.05) is 6.04 Å². The molecular formula is C10H12N2O. The van der Waals surface area contributed by atoms with Gasteiger partial charge in [0.25, 0.3) is 0 Å². The van der Waals surface area contributed by atoms with Gasteiger partial charge in [0.05, 0.1) is 6.54 Å². The van der Waals surface area contributed by atoms with E-state index in [0.717, 1.165) is 5.76 Å². The van der Waals surface area contributed by atoms with Gasteiger partial charge in [0.1, 0.15) is 11.8 Å². The second-order valence-corrected chi connectivity index (χ2v) is 2.78. The molecule has 1 unspecified atom stereocenters. The first kappa shape index (κ1) is 9.56. The van der Waals surface area contributed by atoms with E-state index in [1.807, 2.05) is 19.1 Å². The summed E-state index contributed by atoms with van der Waals surface area (Å²) < 4.78 is 5.17. The molecule has 0 spiro atoms. The van der Waals surface area contributed by atoms with Crippen LogP contribution >= 0.6 is 0 Å². The molecule has 0 bridgehead atoms. The zero-order valence-electron chi connectivity index (χ0n) is 7.58. The lowest BCUT2D eigenvalue weighted by molar-refractivity contribution is 0.466. The Morgan fingerprint density at radius 3 is 3.08 bits per heavy atom. The molecule has 0 radical (unpaired) electrons. The molecule has 1 aromatic rings. The van der Waals surface area contributed by atoms with E-state index in [0.29, 0.717) is 12.3 Å². The molecule has 0 saturated heterocycles. The summed E-state index contributed by atoms with van der Waals surface area (Å²) in [6.45, 7) is 6.27. The van der Waals surface area contributed by atoms with E-state index in [-0.39, 0.29) is 6.04 Å². The highest BCUT2D eigenvalue weighted by molar-refractivity contribution is 5.19. The molecule has 3 nitrogen and oxygen atoms in total. The maximum atomic E-state index is 8.49. The minimum absolute atomic E-state index is 0.246. The van der Waals surface area contributed by atoms with Crippen LogP contribution in [0.4, 0.5) is 0 Å². The lowest BCUT2D eigenvalue weighted by Crippen LogP contribution is -2.22. The fourth-order valence-electron chi connectivity index (χ4n) is 0.878. The van der Waals surface area contributed by atoms with Crippen molar-refractivity contribution < 1.29 is 4.42 Å². The molecule has 0 aliphatic rings. The Balaban J connectivity index is 2.46. The minimum Gasteiger partial charge on any atom is -0.449 e. The Morgan fingerprint density at radius 2 is 2.54 bits per heavy atom. The van der Waals surface area contributed by atoms with Crippen LogP contribution in [-0.4, -0.2) is 6.04 Å². The molecular weight excluding hydrogens is 164 g/mol. The number of furan rings is 1. The van der Waals surface area contributed by atoms with Crippen molar-refractivity contribution in [1.29, 1.82) is 5.26 Å². The van der Waals surface area contributed by atoms with Crippen LogP contribution in [0.25, 0.3) is 0 Å². The summed E-state index contributed by atoms with van der Waals surface area (Å²) in [6, 6.07) is 5.64. The third kappa shape index (κ3) is 2.77. The van der Waals surface area contributed by atoms with Crippen LogP contribution in [0.3, 0.4) is 0 Å². The summed E-state index contributed by atoms with van der Waals surface area (Å²) >= 11 is 0. The Bertz CT molecular complexity index is 322. The van der Waals surface area contributed by atoms with Crippen molar-refractivity contribution in [3.8, 4) is 6.07 Å². The average Bonchev–Trinajstić information content (AvgIpc) is 2.61. The first-order chi connectivity index (χ1) is 6.26. The van der Waals surface area contributed by atoms with Crippen LogP contribution in [0.15, 0.2) is 29.2 Å². The zero-order valence-corrected chi connectivity index (χ0v) is 7.58. The molecule has 1 aromatic heterocycles. The Morgan fingerprint density at radius 1 is 1.77 bits per heavy atom. The van der Waals surface area contributed by atoms with Gasteiger partial charge in [0.15, 0.2) is 0 Å². The monoisotopic (exact) mass is 176 g/mol. The predicted molar refractivity (Wildman–Crippen MR) is 49.9 cm³/mol. The first-order valence-electron chi connectivity index (χ1n) is 4.11. The van der Waals surface area contributed by atoms with E-state index in [9.17, 15) is 0 Å². The summed E-state index contributed by atoms with van der Waals surface area (Å²) in [4.78, 5) is 0. The van der Waals surface area contributed by atoms with Crippen LogP contribution in [-0.2, 0) is 6.54 Å². The second kappa shape index (κ2) is 4.48. The largest absolute Gasteiger partial charge is 0.449 e. The molecule has 1 atom stereocenters. The standard InChI is InChI=1S/C10H12N2O/c1-3-8(2)12-7-10-5-4-9(6-11)13-10/h3-5,8,12H,1,7H2,2H3. The van der Waals surface area contributed by atoms with Crippen LogP contribution < -0.4 is 5.32 Å². The van der Waals surface area contributed by atoms with Crippen LogP contribution in [0.5, 0.6) is 0 Å². The minimum atomic E-state index is 0.246. The third-order valence-electron chi connectivity index (χ3n) is 1.72. The van der Waals surface area contributed by atoms with Crippen molar-refractivity contribution in [2.24, 2.45) is 0 Å². The molecule has 1 rings (SSSR count). The average molecular weight is 176 g/mol. The summed E-state index contributed by atoms with van der Waals surface area (Å²) in [5.41, 5.74) is 0. The first-order valence-corrected chi connectivity index (χ1v) is 4.11. The number of nitrogens with zero attached hydrogens (tertiary/aromatic N) is 1. The van der Waals surface area contributed by atoms with Crippen molar-refractivity contribution in [2.75, 3.05) is 0 Å². The summed E-state index contributed by atoms with van der Waals surface area (Å²) in [5, 5.41) is 11.7. The normalized spacial score (nSPS) is 12.0. The molecule has 1 heterocycles. The van der Waals surface area contributed by atoms with Crippen LogP contribution in [0.1, 0.15) is 18.4 Å². The summed E-state index contributed by atoms with van der Waals surface area (Å²) in [5.74, 6) is 1.12. The lowest BCUT2D eigenvalue weighted by Gasteiger charge is -2.05. The van der Waals surface area contributed by atoms with Gasteiger partial charge in [-0.2, -0.15) is 5.26 Å². The van der Waals surface area contributed by atoms with Gasteiger partial charge in [-0.3, -0.25) is 0 Å². The molecule has 13 heavy (non-hydrogen) atoms. The SMILES string of the molecule is C=CC(C)NCc1ccc(C#N)o1. The highest BCUT2D eigenvalue weighted by Gasteiger charge is 2.01. The molecule has 1 N–H and O–H groups in total. The molecule has 0 saturated carbocycles. The van der Waals surface area contributed by atoms with Gasteiger partial charge in [-0.05, 0) is 19.1 Å². The highest BCUT2D eigenvalue weighted by atomic mass is 16.3. The molecule has 0 amide bonds. The molecule has 0 fully saturated rings. The second-order valence-electron chi connectivity index (χ2n) is 2.78. The van der Waals surface area contributed by atoms with Gasteiger partial charge >= 0.3 is 0 Å². The number of hydrogen-bond donors (Lipinski definition) is 1. The van der Waals surface area contributed by atoms with Crippen molar-refractivity contribution in [3.05, 3.63) is 36.3 Å². The quantitative estimate of drug-likeness (QED) is 0.712. The maximum absolute atomic E-state index is 8.49. The molecule has 3 heteroatoms. The van der Waals surface area contributed by atoms with Gasteiger partial charge in [-0.15, -0.1) is 6.58 Å². The molecule has 0 aliphatic heterocycles. The lowest BCUT2D eigenvalue weighted by atomic mass is 10.3. The number of nitriles is 1. The molecule has 0 aromatic carbocycles. The summed E-state index contributed by atoms with van der Waals surface area (Å²) in [6.07, 6.45) is 1.81. The summed E-state index contributed by atoms with van der Waals surface area (Å²) in [7, 11) is 0. The van der Waals surface area contributed by atoms with E-state index in [2.05, 4.69) is 11.9 Å². The highest BCUT2D eigenvalue weighted by Crippen LogP contribution is 2.06. The number of nitrogens with one attached hydrogen (secondary N) is 1. The van der Waals surface area contributed by atoms with E-state index in [4.69, 9.17) is 9.68 Å². The van der Waals surface area contributed by atoms with E-state index in [1.54, 1.807) is 12.1 Å². The topological polar surface area (TPSA) is 49.0 Å². The molecule has 68 valence electrons. The fourth-order valence-corrected chi connectivity index (χ4v) is 0.878. The van der Waals surface area contributed by atoms with Crippen molar-refractivity contribution in [3.63, 3.8) is 0 Å². The third-order valence-corrected chi connectivity index (χ3v) is 1.72. The smallest absolute Gasteiger partial charge is 0.203 e. The fraction of sp³-hybridized carbons (Fsp3) is 0.300. The number of hydrogen-bond acceptors (Lipinski definition) is 3. The number of rotatable bonds is 4. The molecule has 0 aliphatic carbocycles. The van der Waals surface area contributed by atoms with Crippen molar-refractivity contribution in [1.82, 2.24) is 5.32 Å². The Kier molecular flexibility index (Phi) is 3.30. The maximum Gasteiger partial charge on any atom is 0.203 e. The van der Waals surface area contributed by atoms with Gasteiger partial charge in [-0.1, -0.05) is 6.08 Å². The van der Waals surface area contributed by atoms with Crippen LogP contribution in [0, 0.1) is 11.3 Å². The predicted octanol–water partition coefficient (Wildman–Crippen LogP) is 1.82. The Hall–Kier alpha value is -1.53. The zero-order chi connectivity index (χ0) is 9.68. The Labute approximate surface area is 77.7 Å². The van der Waals surface area contributed by atoms with E-state index < -0.39 is 0 Å². The van der Waals surface area contributed by atoms with Crippen LogP contribution in [0.2, 0.25) is 0 Å². The van der Waals surface area contributed by atoms with Crippen molar-refractivity contribution in [2.45, 2.75) is 19.5 Å². The van der Waals surface area contributed by atoms with E-state index in [1.165, 1.54) is 0 Å².